The summed E-state index contributed by atoms with van der Waals surface area (Å²) in [6.45, 7) is 4.33. The third kappa shape index (κ3) is 41.4. The number of likely N-dealkylation sites (N-methyl/N-ethyl adjacent to an activating group) is 1. The van der Waals surface area contributed by atoms with Gasteiger partial charge in [0.25, 0.3) is 0 Å². The smallest absolute Gasteiger partial charge is 0.462 e. The maximum Gasteiger partial charge on any atom is 0.472 e. The molecule has 0 fully saturated rings. The van der Waals surface area contributed by atoms with Crippen molar-refractivity contribution < 1.29 is 42.1 Å². The molecular weight excluding hydrogens is 713 g/mol. The maximum atomic E-state index is 12.7. The van der Waals surface area contributed by atoms with Gasteiger partial charge in [-0.3, -0.25) is 18.6 Å². The van der Waals surface area contributed by atoms with E-state index in [4.69, 9.17) is 18.5 Å². The van der Waals surface area contributed by atoms with Gasteiger partial charge in [-0.1, -0.05) is 159 Å². The molecule has 0 heterocycles. The molecule has 10 heteroatoms. The zero-order valence-electron chi connectivity index (χ0n) is 35.9. The van der Waals surface area contributed by atoms with Gasteiger partial charge in [-0.15, -0.1) is 0 Å². The van der Waals surface area contributed by atoms with Gasteiger partial charge in [-0.2, -0.15) is 0 Å². The molecule has 0 aromatic heterocycles. The number of hydrogen-bond donors (Lipinski definition) is 1. The number of carbonyl (C=O) groups excluding carboxylic acids is 2. The minimum Gasteiger partial charge on any atom is -0.462 e. The average Bonchev–Trinajstić information content (AvgIpc) is 3.13. The Kier molecular flexibility index (Phi) is 36.2. The van der Waals surface area contributed by atoms with Crippen molar-refractivity contribution in [2.24, 2.45) is 0 Å². The standard InChI is InChI=1S/C45H82NO8P/c1-6-8-10-12-14-16-18-20-22-23-24-26-28-30-32-34-36-38-45(48)54-43(42-53-55(49,50)52-40-39-46(3,4)5)41-51-44(47)37-35-33-31-29-27-25-21-19-17-15-13-11-9-7-2/h14,16,20,22,24,26,30,32,43H,6-13,15,17-19,21,23,25,27-29,31,33-42H2,1-5H3/p+1/b16-14+,22-20+,26-24+,32-30+/t43-/m1/s1. The number of esters is 2. The fourth-order valence-corrected chi connectivity index (χ4v) is 6.39. The monoisotopic (exact) mass is 797 g/mol. The molecule has 0 aromatic rings. The Morgan fingerprint density at radius 2 is 1.00 bits per heavy atom. The largest absolute Gasteiger partial charge is 0.472 e. The van der Waals surface area contributed by atoms with E-state index in [0.29, 0.717) is 17.4 Å². The highest BCUT2D eigenvalue weighted by atomic mass is 31.2. The first-order chi connectivity index (χ1) is 26.5. The van der Waals surface area contributed by atoms with Crippen molar-refractivity contribution in [3.05, 3.63) is 48.6 Å². The van der Waals surface area contributed by atoms with Crippen LogP contribution in [0, 0.1) is 0 Å². The number of quaternary nitrogens is 1. The summed E-state index contributed by atoms with van der Waals surface area (Å²) in [6.07, 6.45) is 43.0. The molecule has 0 amide bonds. The van der Waals surface area contributed by atoms with E-state index in [1.807, 2.05) is 27.2 Å². The van der Waals surface area contributed by atoms with Gasteiger partial charge in [0.05, 0.1) is 27.7 Å². The number of rotatable bonds is 39. The van der Waals surface area contributed by atoms with Crippen molar-refractivity contribution in [2.75, 3.05) is 47.5 Å². The summed E-state index contributed by atoms with van der Waals surface area (Å²) in [7, 11) is 1.44. The second-order valence-electron chi connectivity index (χ2n) is 15.7. The van der Waals surface area contributed by atoms with Gasteiger partial charge >= 0.3 is 19.8 Å². The van der Waals surface area contributed by atoms with Crippen LogP contribution in [0.15, 0.2) is 48.6 Å². The van der Waals surface area contributed by atoms with Crippen LogP contribution < -0.4 is 0 Å². The van der Waals surface area contributed by atoms with E-state index in [9.17, 15) is 19.0 Å². The summed E-state index contributed by atoms with van der Waals surface area (Å²) in [5.74, 6) is -0.863. The fourth-order valence-electron chi connectivity index (χ4n) is 5.65. The zero-order chi connectivity index (χ0) is 40.7. The molecule has 55 heavy (non-hydrogen) atoms. The minimum absolute atomic E-state index is 0.0212. The fraction of sp³-hybridized carbons (Fsp3) is 0.778. The second kappa shape index (κ2) is 37.5. The molecule has 0 saturated heterocycles. The maximum absolute atomic E-state index is 12.7. The van der Waals surface area contributed by atoms with Crippen LogP contribution in [0.25, 0.3) is 0 Å². The Morgan fingerprint density at radius 1 is 0.564 bits per heavy atom. The number of hydrogen-bond acceptors (Lipinski definition) is 7. The Bertz CT molecular complexity index is 1080. The van der Waals surface area contributed by atoms with Crippen LogP contribution in [-0.4, -0.2) is 74.9 Å². The lowest BCUT2D eigenvalue weighted by Crippen LogP contribution is -2.37. The first-order valence-corrected chi connectivity index (χ1v) is 23.4. The van der Waals surface area contributed by atoms with Crippen LogP contribution in [0.2, 0.25) is 0 Å². The van der Waals surface area contributed by atoms with Crippen molar-refractivity contribution in [3.63, 3.8) is 0 Å². The number of phosphoric acid groups is 1. The zero-order valence-corrected chi connectivity index (χ0v) is 36.8. The van der Waals surface area contributed by atoms with Gasteiger partial charge in [0.15, 0.2) is 6.10 Å². The molecule has 0 spiro atoms. The lowest BCUT2D eigenvalue weighted by Gasteiger charge is -2.24. The summed E-state index contributed by atoms with van der Waals surface area (Å²) in [5, 5.41) is 0. The predicted molar refractivity (Wildman–Crippen MR) is 229 cm³/mol. The van der Waals surface area contributed by atoms with E-state index in [0.717, 1.165) is 44.9 Å². The van der Waals surface area contributed by atoms with Crippen molar-refractivity contribution in [1.29, 1.82) is 0 Å². The van der Waals surface area contributed by atoms with Crippen molar-refractivity contribution in [1.82, 2.24) is 0 Å². The van der Waals surface area contributed by atoms with E-state index >= 15 is 0 Å². The molecule has 2 atom stereocenters. The summed E-state index contributed by atoms with van der Waals surface area (Å²) in [6, 6.07) is 0. The van der Waals surface area contributed by atoms with E-state index in [2.05, 4.69) is 56.4 Å². The van der Waals surface area contributed by atoms with Gasteiger partial charge in [-0.05, 0) is 51.4 Å². The van der Waals surface area contributed by atoms with Crippen molar-refractivity contribution in [3.8, 4) is 0 Å². The quantitative estimate of drug-likeness (QED) is 0.0215. The third-order valence-corrected chi connectivity index (χ3v) is 10.1. The number of ether oxygens (including phenoxy) is 2. The minimum atomic E-state index is -4.39. The van der Waals surface area contributed by atoms with Crippen LogP contribution in [0.4, 0.5) is 0 Å². The SMILES string of the molecule is CCCCC/C=C/C/C=C/C/C=C/C/C=C/CCCC(=O)O[C@H](COC(=O)CCCCCCCCCCCCCCCC)COP(=O)(O)OCC[N+](C)(C)C. The van der Waals surface area contributed by atoms with E-state index < -0.39 is 26.5 Å². The molecule has 320 valence electrons. The Morgan fingerprint density at radius 3 is 1.51 bits per heavy atom. The van der Waals surface area contributed by atoms with Gasteiger partial charge in [0, 0.05) is 12.8 Å². The van der Waals surface area contributed by atoms with E-state index in [1.54, 1.807) is 0 Å². The second-order valence-corrected chi connectivity index (χ2v) is 17.2. The molecule has 0 saturated carbocycles. The highest BCUT2D eigenvalue weighted by Crippen LogP contribution is 2.43. The summed E-state index contributed by atoms with van der Waals surface area (Å²) in [5.41, 5.74) is 0. The van der Waals surface area contributed by atoms with Crippen LogP contribution >= 0.6 is 7.82 Å². The number of nitrogens with zero attached hydrogens (tertiary/aromatic N) is 1. The van der Waals surface area contributed by atoms with Crippen molar-refractivity contribution >= 4 is 19.8 Å². The third-order valence-electron chi connectivity index (χ3n) is 9.11. The lowest BCUT2D eigenvalue weighted by molar-refractivity contribution is -0.870. The van der Waals surface area contributed by atoms with Crippen LogP contribution in [0.1, 0.15) is 174 Å². The normalized spacial score (nSPS) is 14.1. The van der Waals surface area contributed by atoms with Crippen molar-refractivity contribution in [2.45, 2.75) is 180 Å². The number of unbranched alkanes of at least 4 members (excludes halogenated alkanes) is 17. The first-order valence-electron chi connectivity index (χ1n) is 21.9. The topological polar surface area (TPSA) is 108 Å². The highest BCUT2D eigenvalue weighted by Gasteiger charge is 2.27. The molecule has 0 bridgehead atoms. The average molecular weight is 797 g/mol. The molecular formula is C45H83NO8P+. The molecule has 0 aliphatic rings. The molecule has 1 N–H and O–H groups in total. The van der Waals surface area contributed by atoms with E-state index in [1.165, 1.54) is 96.3 Å². The van der Waals surface area contributed by atoms with Gasteiger partial charge in [0.2, 0.25) is 0 Å². The highest BCUT2D eigenvalue weighted by molar-refractivity contribution is 7.47. The molecule has 1 unspecified atom stereocenters. The molecule has 0 aliphatic heterocycles. The number of phosphoric ester groups is 1. The van der Waals surface area contributed by atoms with E-state index in [-0.39, 0.29) is 32.0 Å². The van der Waals surface area contributed by atoms with Gasteiger partial charge in [-0.25, -0.2) is 4.57 Å². The Hall–Kier alpha value is -2.03. The first kappa shape index (κ1) is 53.0. The molecule has 0 aliphatic carbocycles. The molecule has 9 nitrogen and oxygen atoms in total. The summed E-state index contributed by atoms with van der Waals surface area (Å²) < 4.78 is 34.2. The molecule has 0 radical (unpaired) electrons. The number of allylic oxidation sites excluding steroid dienone is 8. The summed E-state index contributed by atoms with van der Waals surface area (Å²) >= 11 is 0. The number of carbonyl (C=O) groups is 2. The Labute approximate surface area is 337 Å². The van der Waals surface area contributed by atoms with Gasteiger partial charge in [0.1, 0.15) is 19.8 Å². The Balaban J connectivity index is 4.47. The van der Waals surface area contributed by atoms with Crippen LogP contribution in [0.3, 0.4) is 0 Å². The van der Waals surface area contributed by atoms with Crippen LogP contribution in [-0.2, 0) is 32.7 Å². The summed E-state index contributed by atoms with van der Waals surface area (Å²) in [4.78, 5) is 35.3. The van der Waals surface area contributed by atoms with Crippen LogP contribution in [0.5, 0.6) is 0 Å². The van der Waals surface area contributed by atoms with Gasteiger partial charge < -0.3 is 18.9 Å². The predicted octanol–water partition coefficient (Wildman–Crippen LogP) is 12.3. The molecule has 0 aromatic carbocycles. The molecule has 0 rings (SSSR count). The lowest BCUT2D eigenvalue weighted by atomic mass is 10.0.